The number of rotatable bonds is 3. The monoisotopic (exact) mass is 387 g/mol. The Bertz CT molecular complexity index is 747. The molecule has 0 bridgehead atoms. The first-order valence-electron chi connectivity index (χ1n) is 10.5. The number of piperidine rings is 1. The van der Waals surface area contributed by atoms with Gasteiger partial charge in [-0.2, -0.15) is 0 Å². The number of nitrogens with zero attached hydrogens (tertiary/aromatic N) is 2. The molecule has 3 aliphatic rings. The quantitative estimate of drug-likeness (QED) is 0.868. The average Bonchev–Trinajstić information content (AvgIpc) is 2.99. The molecule has 1 spiro atoms. The van der Waals surface area contributed by atoms with E-state index in [-0.39, 0.29) is 28.8 Å². The van der Waals surface area contributed by atoms with Crippen molar-refractivity contribution >= 4 is 11.8 Å². The molecule has 0 aromatic heterocycles. The third-order valence-electron chi connectivity index (χ3n) is 6.97. The van der Waals surface area contributed by atoms with Crippen molar-refractivity contribution in [3.05, 3.63) is 35.6 Å². The molecule has 1 aromatic rings. The number of amides is 2. The van der Waals surface area contributed by atoms with E-state index in [2.05, 4.69) is 22.2 Å². The molecule has 4 rings (SSSR count). The lowest BCUT2D eigenvalue weighted by atomic mass is 9.71. The Kier molecular flexibility index (Phi) is 5.41. The van der Waals surface area contributed by atoms with Crippen LogP contribution in [0.3, 0.4) is 0 Å². The minimum Gasteiger partial charge on any atom is -0.349 e. The van der Waals surface area contributed by atoms with Gasteiger partial charge in [0.2, 0.25) is 5.91 Å². The molecule has 2 aliphatic heterocycles. The molecule has 5 nitrogen and oxygen atoms in total. The number of benzene rings is 1. The fourth-order valence-electron chi connectivity index (χ4n) is 5.32. The van der Waals surface area contributed by atoms with E-state index < -0.39 is 5.82 Å². The molecule has 28 heavy (non-hydrogen) atoms. The van der Waals surface area contributed by atoms with E-state index in [0.29, 0.717) is 12.5 Å². The van der Waals surface area contributed by atoms with Gasteiger partial charge in [0, 0.05) is 18.6 Å². The maximum atomic E-state index is 13.9. The van der Waals surface area contributed by atoms with Crippen LogP contribution >= 0.6 is 0 Å². The molecule has 152 valence electrons. The Labute approximate surface area is 166 Å². The number of hydrogen-bond donors (Lipinski definition) is 1. The van der Waals surface area contributed by atoms with Crippen LogP contribution in [0.25, 0.3) is 0 Å². The zero-order valence-corrected chi connectivity index (χ0v) is 16.6. The third kappa shape index (κ3) is 3.66. The summed E-state index contributed by atoms with van der Waals surface area (Å²) < 4.78 is 13.9. The zero-order valence-electron chi connectivity index (χ0n) is 16.6. The van der Waals surface area contributed by atoms with Gasteiger partial charge in [-0.05, 0) is 70.8 Å². The van der Waals surface area contributed by atoms with Gasteiger partial charge in [-0.3, -0.25) is 9.59 Å². The first-order chi connectivity index (χ1) is 13.5. The van der Waals surface area contributed by atoms with Crippen molar-refractivity contribution in [2.75, 3.05) is 26.7 Å². The Hall–Kier alpha value is -1.95. The van der Waals surface area contributed by atoms with Crippen molar-refractivity contribution in [1.29, 1.82) is 0 Å². The van der Waals surface area contributed by atoms with Crippen LogP contribution in [0.2, 0.25) is 0 Å². The Balaban J connectivity index is 1.41. The van der Waals surface area contributed by atoms with Crippen LogP contribution in [0.5, 0.6) is 0 Å². The fraction of sp³-hybridized carbons (Fsp3) is 0.636. The summed E-state index contributed by atoms with van der Waals surface area (Å²) in [4.78, 5) is 30.3. The number of nitrogens with one attached hydrogen (secondary N) is 1. The number of likely N-dealkylation sites (tertiary alicyclic amines) is 2. The highest BCUT2D eigenvalue weighted by atomic mass is 19.1. The van der Waals surface area contributed by atoms with Gasteiger partial charge in [-0.15, -0.1) is 0 Å². The number of halogens is 1. The molecule has 2 unspecified atom stereocenters. The maximum absolute atomic E-state index is 13.9. The summed E-state index contributed by atoms with van der Waals surface area (Å²) >= 11 is 0. The first-order valence-corrected chi connectivity index (χ1v) is 10.5. The van der Waals surface area contributed by atoms with Crippen molar-refractivity contribution in [3.63, 3.8) is 0 Å². The molecule has 3 fully saturated rings. The molecular formula is C22H30FN3O2. The molecule has 0 radical (unpaired) electrons. The van der Waals surface area contributed by atoms with Gasteiger partial charge in [0.15, 0.2) is 0 Å². The Morgan fingerprint density at radius 2 is 1.89 bits per heavy atom. The van der Waals surface area contributed by atoms with Gasteiger partial charge < -0.3 is 15.1 Å². The molecule has 2 amide bonds. The third-order valence-corrected chi connectivity index (χ3v) is 6.97. The lowest BCUT2D eigenvalue weighted by molar-refractivity contribution is -0.140. The molecular weight excluding hydrogens is 357 g/mol. The summed E-state index contributed by atoms with van der Waals surface area (Å²) in [7, 11) is 2.13. The highest BCUT2D eigenvalue weighted by Gasteiger charge is 2.50. The zero-order chi connectivity index (χ0) is 19.7. The predicted molar refractivity (Wildman–Crippen MR) is 105 cm³/mol. The minimum absolute atomic E-state index is 0.0674. The van der Waals surface area contributed by atoms with Gasteiger partial charge >= 0.3 is 0 Å². The van der Waals surface area contributed by atoms with Crippen LogP contribution in [0, 0.1) is 11.2 Å². The predicted octanol–water partition coefficient (Wildman–Crippen LogP) is 2.81. The largest absolute Gasteiger partial charge is 0.349 e. The fourth-order valence-corrected chi connectivity index (χ4v) is 5.32. The summed E-state index contributed by atoms with van der Waals surface area (Å²) in [5.74, 6) is -0.597. The lowest BCUT2D eigenvalue weighted by Gasteiger charge is -2.39. The summed E-state index contributed by atoms with van der Waals surface area (Å²) in [5, 5.41) is 2.99. The first kappa shape index (κ1) is 19.4. The van der Waals surface area contributed by atoms with E-state index in [1.807, 2.05) is 0 Å². The maximum Gasteiger partial charge on any atom is 0.254 e. The van der Waals surface area contributed by atoms with Crippen molar-refractivity contribution in [2.24, 2.45) is 5.41 Å². The molecule has 1 aliphatic carbocycles. The number of carbonyl (C=O) groups is 2. The van der Waals surface area contributed by atoms with Crippen molar-refractivity contribution < 1.29 is 14.0 Å². The van der Waals surface area contributed by atoms with E-state index in [1.165, 1.54) is 12.1 Å². The van der Waals surface area contributed by atoms with Crippen LogP contribution in [0.15, 0.2) is 24.3 Å². The lowest BCUT2D eigenvalue weighted by Crippen LogP contribution is -2.49. The number of hydrogen-bond acceptors (Lipinski definition) is 3. The molecule has 1 aromatic carbocycles. The van der Waals surface area contributed by atoms with Gasteiger partial charge in [-0.1, -0.05) is 18.6 Å². The second-order valence-electron chi connectivity index (χ2n) is 8.81. The Morgan fingerprint density at radius 1 is 1.14 bits per heavy atom. The van der Waals surface area contributed by atoms with Crippen LogP contribution in [-0.4, -0.2) is 60.4 Å². The van der Waals surface area contributed by atoms with E-state index >= 15 is 0 Å². The molecule has 1 saturated carbocycles. The molecule has 2 saturated heterocycles. The highest BCUT2D eigenvalue weighted by molar-refractivity contribution is 5.94. The second-order valence-corrected chi connectivity index (χ2v) is 8.81. The highest BCUT2D eigenvalue weighted by Crippen LogP contribution is 2.46. The molecule has 6 heteroatoms. The normalized spacial score (nSPS) is 29.4. The van der Waals surface area contributed by atoms with E-state index in [9.17, 15) is 14.0 Å². The van der Waals surface area contributed by atoms with E-state index in [1.54, 1.807) is 12.1 Å². The summed E-state index contributed by atoms with van der Waals surface area (Å²) in [6.07, 6.45) is 6.33. The van der Waals surface area contributed by atoms with Crippen LogP contribution < -0.4 is 5.32 Å². The molecule has 2 atom stereocenters. The number of carbonyl (C=O) groups excluding carboxylic acids is 2. The van der Waals surface area contributed by atoms with Gasteiger partial charge in [0.05, 0.1) is 11.0 Å². The standard InChI is InChI=1S/C22H30FN3O2/c1-25-12-8-17(9-13-25)26-14-11-22(21(26)28)10-4-5-16(15-22)24-20(27)18-6-2-3-7-19(18)23/h2-3,6-7,16-17H,4-5,8-15H2,1H3,(H,24,27). The smallest absolute Gasteiger partial charge is 0.254 e. The Morgan fingerprint density at radius 3 is 2.64 bits per heavy atom. The summed E-state index contributed by atoms with van der Waals surface area (Å²) in [5.41, 5.74) is -0.262. The van der Waals surface area contributed by atoms with E-state index in [0.717, 1.165) is 58.2 Å². The topological polar surface area (TPSA) is 52.6 Å². The SMILES string of the molecule is CN1CCC(N2CCC3(CCCC(NC(=O)c4ccccc4F)C3)C2=O)CC1. The van der Waals surface area contributed by atoms with E-state index in [4.69, 9.17) is 0 Å². The summed E-state index contributed by atoms with van der Waals surface area (Å²) in [6, 6.07) is 6.35. The average molecular weight is 387 g/mol. The van der Waals surface area contributed by atoms with Gasteiger partial charge in [0.25, 0.3) is 5.91 Å². The van der Waals surface area contributed by atoms with Gasteiger partial charge in [-0.25, -0.2) is 4.39 Å². The second kappa shape index (κ2) is 7.82. The van der Waals surface area contributed by atoms with Crippen molar-refractivity contribution in [2.45, 2.75) is 57.0 Å². The van der Waals surface area contributed by atoms with Crippen LogP contribution in [0.1, 0.15) is 55.3 Å². The molecule has 2 heterocycles. The van der Waals surface area contributed by atoms with Crippen LogP contribution in [-0.2, 0) is 4.79 Å². The minimum atomic E-state index is -0.504. The summed E-state index contributed by atoms with van der Waals surface area (Å²) in [6.45, 7) is 2.92. The van der Waals surface area contributed by atoms with Gasteiger partial charge in [0.1, 0.15) is 5.82 Å². The van der Waals surface area contributed by atoms with Crippen LogP contribution in [0.4, 0.5) is 4.39 Å². The molecule has 1 N–H and O–H groups in total. The van der Waals surface area contributed by atoms with Crippen molar-refractivity contribution in [3.8, 4) is 0 Å². The van der Waals surface area contributed by atoms with Crippen molar-refractivity contribution in [1.82, 2.24) is 15.1 Å².